The zero-order valence-corrected chi connectivity index (χ0v) is 21.7. The monoisotopic (exact) mass is 517 g/mol. The number of nitrogens with zero attached hydrogens (tertiary/aromatic N) is 6. The van der Waals surface area contributed by atoms with Crippen LogP contribution in [0.25, 0.3) is 10.9 Å². The number of halogens is 1. The number of hydrogen-bond donors (Lipinski definition) is 1. The molecule has 10 heteroatoms. The SMILES string of the molecule is Cc1cc2cc([C@@H](c3nnnn3C[C@H]3CCCO3)N3CCN(c4ccccc4F)CC3)c(=O)[nH]c2cc1C. The zero-order chi connectivity index (χ0) is 26.2. The van der Waals surface area contributed by atoms with Crippen molar-refractivity contribution in [1.82, 2.24) is 30.1 Å². The molecule has 0 amide bonds. The van der Waals surface area contributed by atoms with Gasteiger partial charge in [-0.1, -0.05) is 12.1 Å². The number of tetrazole rings is 1. The van der Waals surface area contributed by atoms with Crippen LogP contribution >= 0.6 is 0 Å². The number of anilines is 1. The van der Waals surface area contributed by atoms with Crippen molar-refractivity contribution in [3.63, 3.8) is 0 Å². The van der Waals surface area contributed by atoms with Gasteiger partial charge in [0.15, 0.2) is 5.82 Å². The third kappa shape index (κ3) is 4.69. The fraction of sp³-hybridized carbons (Fsp3) is 0.429. The van der Waals surface area contributed by atoms with E-state index in [0.29, 0.717) is 49.8 Å². The van der Waals surface area contributed by atoms with E-state index < -0.39 is 6.04 Å². The number of aryl methyl sites for hydroxylation is 2. The number of pyridine rings is 1. The Morgan fingerprint density at radius 1 is 1.11 bits per heavy atom. The predicted octanol–water partition coefficient (Wildman–Crippen LogP) is 3.36. The average molecular weight is 518 g/mol. The first-order valence-corrected chi connectivity index (χ1v) is 13.2. The molecule has 2 aromatic carbocycles. The summed E-state index contributed by atoms with van der Waals surface area (Å²) < 4.78 is 22.1. The molecule has 0 spiro atoms. The standard InChI is InChI=1S/C28H32FN7O2/c1-18-14-20-16-22(28(37)30-24(20)15-19(18)2)26(27-31-32-33-36(27)17-21-6-5-13-38-21)35-11-9-34(10-12-35)25-8-4-3-7-23(25)29/h3-4,7-8,14-16,21,26H,5-6,9-13,17H2,1-2H3,(H,30,37)/t21-,26+/m1/s1. The maximum absolute atomic E-state index is 14.5. The Labute approximate surface area is 220 Å². The van der Waals surface area contributed by atoms with Crippen molar-refractivity contribution in [2.24, 2.45) is 0 Å². The van der Waals surface area contributed by atoms with E-state index in [9.17, 15) is 9.18 Å². The van der Waals surface area contributed by atoms with Gasteiger partial charge in [-0.3, -0.25) is 9.69 Å². The van der Waals surface area contributed by atoms with Crippen LogP contribution in [0, 0.1) is 19.7 Å². The number of benzene rings is 2. The highest BCUT2D eigenvalue weighted by molar-refractivity contribution is 5.81. The molecule has 0 saturated carbocycles. The fourth-order valence-electron chi connectivity index (χ4n) is 5.64. The summed E-state index contributed by atoms with van der Waals surface area (Å²) in [5.74, 6) is 0.392. The van der Waals surface area contributed by atoms with Crippen molar-refractivity contribution in [1.29, 1.82) is 0 Å². The second-order valence-electron chi connectivity index (χ2n) is 10.3. The van der Waals surface area contributed by atoms with Gasteiger partial charge in [0.25, 0.3) is 5.56 Å². The van der Waals surface area contributed by atoms with Crippen LogP contribution in [0.3, 0.4) is 0 Å². The summed E-state index contributed by atoms with van der Waals surface area (Å²) in [5.41, 5.74) is 4.14. The number of aromatic nitrogens is 5. The van der Waals surface area contributed by atoms with Crippen molar-refractivity contribution in [2.45, 2.75) is 45.4 Å². The highest BCUT2D eigenvalue weighted by atomic mass is 19.1. The van der Waals surface area contributed by atoms with E-state index in [1.54, 1.807) is 10.7 Å². The van der Waals surface area contributed by atoms with E-state index in [1.807, 2.05) is 31.2 Å². The van der Waals surface area contributed by atoms with Crippen molar-refractivity contribution >= 4 is 16.6 Å². The Hall–Kier alpha value is -3.63. The van der Waals surface area contributed by atoms with E-state index in [2.05, 4.69) is 43.3 Å². The number of H-pyrrole nitrogens is 1. The molecule has 4 heterocycles. The summed E-state index contributed by atoms with van der Waals surface area (Å²) in [6.07, 6.45) is 2.03. The molecule has 2 saturated heterocycles. The third-order valence-corrected chi connectivity index (χ3v) is 7.86. The maximum atomic E-state index is 14.5. The quantitative estimate of drug-likeness (QED) is 0.419. The second-order valence-corrected chi connectivity index (χ2v) is 10.3. The van der Waals surface area contributed by atoms with Crippen LogP contribution in [0.4, 0.5) is 10.1 Å². The first-order chi connectivity index (χ1) is 18.5. The van der Waals surface area contributed by atoms with Crippen LogP contribution in [-0.4, -0.2) is 69.0 Å². The molecule has 4 aromatic rings. The largest absolute Gasteiger partial charge is 0.376 e. The number of hydrogen-bond acceptors (Lipinski definition) is 7. The Bertz CT molecular complexity index is 1500. The summed E-state index contributed by atoms with van der Waals surface area (Å²) in [6, 6.07) is 12.5. The Morgan fingerprint density at radius 3 is 2.66 bits per heavy atom. The van der Waals surface area contributed by atoms with Gasteiger partial charge in [-0.25, -0.2) is 9.07 Å². The van der Waals surface area contributed by atoms with Crippen LogP contribution in [0.15, 0.2) is 47.3 Å². The lowest BCUT2D eigenvalue weighted by Gasteiger charge is -2.39. The van der Waals surface area contributed by atoms with Gasteiger partial charge < -0.3 is 14.6 Å². The van der Waals surface area contributed by atoms with E-state index in [1.165, 1.54) is 6.07 Å². The minimum Gasteiger partial charge on any atom is -0.376 e. The van der Waals surface area contributed by atoms with E-state index in [0.717, 1.165) is 41.5 Å². The molecular formula is C28H32FN7O2. The van der Waals surface area contributed by atoms with Gasteiger partial charge in [0.05, 0.1) is 18.3 Å². The molecule has 2 fully saturated rings. The van der Waals surface area contributed by atoms with Gasteiger partial charge in [-0.05, 0) is 84.0 Å². The predicted molar refractivity (Wildman–Crippen MR) is 143 cm³/mol. The molecule has 9 nitrogen and oxygen atoms in total. The average Bonchev–Trinajstić information content (AvgIpc) is 3.60. The van der Waals surface area contributed by atoms with E-state index in [-0.39, 0.29) is 17.5 Å². The smallest absolute Gasteiger partial charge is 0.253 e. The minimum atomic E-state index is -0.455. The van der Waals surface area contributed by atoms with Crippen molar-refractivity contribution < 1.29 is 9.13 Å². The van der Waals surface area contributed by atoms with Crippen LogP contribution < -0.4 is 10.5 Å². The van der Waals surface area contributed by atoms with Crippen molar-refractivity contribution in [3.05, 3.63) is 81.2 Å². The molecule has 2 aromatic heterocycles. The highest BCUT2D eigenvalue weighted by Gasteiger charge is 2.34. The number of para-hydroxylation sites is 1. The summed E-state index contributed by atoms with van der Waals surface area (Å²) in [7, 11) is 0. The summed E-state index contributed by atoms with van der Waals surface area (Å²) in [5, 5.41) is 13.7. The number of rotatable bonds is 6. The Morgan fingerprint density at radius 2 is 1.89 bits per heavy atom. The first-order valence-electron chi connectivity index (χ1n) is 13.2. The number of aromatic amines is 1. The third-order valence-electron chi connectivity index (χ3n) is 7.86. The van der Waals surface area contributed by atoms with E-state index in [4.69, 9.17) is 4.74 Å². The van der Waals surface area contributed by atoms with Gasteiger partial charge in [0, 0.05) is 43.9 Å². The summed E-state index contributed by atoms with van der Waals surface area (Å²) >= 11 is 0. The minimum absolute atomic E-state index is 0.0521. The molecule has 1 N–H and O–H groups in total. The molecule has 0 aliphatic carbocycles. The Balaban J connectivity index is 1.38. The van der Waals surface area contributed by atoms with Gasteiger partial charge in [0.2, 0.25) is 0 Å². The molecule has 6 rings (SSSR count). The number of piperazine rings is 1. The van der Waals surface area contributed by atoms with Gasteiger partial charge >= 0.3 is 0 Å². The molecule has 198 valence electrons. The maximum Gasteiger partial charge on any atom is 0.253 e. The lowest BCUT2D eigenvalue weighted by atomic mass is 10.00. The van der Waals surface area contributed by atoms with Gasteiger partial charge in [-0.15, -0.1) is 5.10 Å². The lowest BCUT2D eigenvalue weighted by Crippen LogP contribution is -2.49. The molecule has 38 heavy (non-hydrogen) atoms. The molecule has 0 radical (unpaired) electrons. The van der Waals surface area contributed by atoms with Gasteiger partial charge in [-0.2, -0.15) is 0 Å². The second kappa shape index (κ2) is 10.3. The molecule has 2 atom stereocenters. The molecule has 0 unspecified atom stereocenters. The van der Waals surface area contributed by atoms with Crippen LogP contribution in [-0.2, 0) is 11.3 Å². The Kier molecular flexibility index (Phi) is 6.67. The highest BCUT2D eigenvalue weighted by Crippen LogP contribution is 2.30. The van der Waals surface area contributed by atoms with E-state index >= 15 is 0 Å². The topological polar surface area (TPSA) is 92.2 Å². The number of ether oxygens (including phenoxy) is 1. The van der Waals surface area contributed by atoms with Crippen LogP contribution in [0.2, 0.25) is 0 Å². The van der Waals surface area contributed by atoms with Crippen molar-refractivity contribution in [2.75, 3.05) is 37.7 Å². The van der Waals surface area contributed by atoms with Crippen LogP contribution in [0.1, 0.15) is 41.4 Å². The molecule has 2 aliphatic rings. The molecule has 0 bridgehead atoms. The summed E-state index contributed by atoms with van der Waals surface area (Å²) in [4.78, 5) is 20.9. The fourth-order valence-corrected chi connectivity index (χ4v) is 5.64. The molecular weight excluding hydrogens is 485 g/mol. The summed E-state index contributed by atoms with van der Waals surface area (Å²) in [6.45, 7) is 7.87. The number of nitrogens with one attached hydrogen (secondary N) is 1. The van der Waals surface area contributed by atoms with Gasteiger partial charge in [0.1, 0.15) is 11.9 Å². The normalized spacial score (nSPS) is 19.3. The first kappa shape index (κ1) is 24.7. The van der Waals surface area contributed by atoms with Crippen LogP contribution in [0.5, 0.6) is 0 Å². The number of fused-ring (bicyclic) bond motifs is 1. The lowest BCUT2D eigenvalue weighted by molar-refractivity contribution is 0.0906. The van der Waals surface area contributed by atoms with Crippen molar-refractivity contribution in [3.8, 4) is 0 Å². The molecule has 2 aliphatic heterocycles. The zero-order valence-electron chi connectivity index (χ0n) is 21.7.